The number of nitrogens with one attached hydrogen (secondary N) is 3. The van der Waals surface area contributed by atoms with Crippen LogP contribution in [0.2, 0.25) is 5.02 Å². The predicted octanol–water partition coefficient (Wildman–Crippen LogP) is 7.48. The molecule has 2 saturated heterocycles. The summed E-state index contributed by atoms with van der Waals surface area (Å²) in [7, 11) is -4.62. The number of nitro groups is 1. The van der Waals surface area contributed by atoms with Gasteiger partial charge in [-0.2, -0.15) is 0 Å². The number of hydrogen-bond donors (Lipinski definition) is 3. The highest BCUT2D eigenvalue weighted by Gasteiger charge is 2.31. The van der Waals surface area contributed by atoms with Crippen LogP contribution in [0.15, 0.2) is 95.7 Å². The first-order valence-electron chi connectivity index (χ1n) is 21.3. The number of aromatic amines is 1. The fraction of sp³-hybridized carbons (Fsp3) is 0.370. The van der Waals surface area contributed by atoms with E-state index in [9.17, 15) is 28.1 Å². The Labute approximate surface area is 376 Å². The second kappa shape index (κ2) is 18.6. The van der Waals surface area contributed by atoms with Gasteiger partial charge in [-0.3, -0.25) is 24.6 Å². The minimum Gasteiger partial charge on any atom is -0.455 e. The number of ether oxygens (including phenoxy) is 2. The van der Waals surface area contributed by atoms with E-state index in [1.54, 1.807) is 29.3 Å². The van der Waals surface area contributed by atoms with E-state index in [0.29, 0.717) is 44.2 Å². The van der Waals surface area contributed by atoms with Crippen LogP contribution in [0.25, 0.3) is 16.6 Å². The molecular weight excluding hydrogens is 860 g/mol. The summed E-state index contributed by atoms with van der Waals surface area (Å²) in [6, 6.07) is 20.1. The number of nitrogens with zero attached hydrogens (tertiary/aromatic N) is 5. The molecule has 1 aliphatic carbocycles. The van der Waals surface area contributed by atoms with Gasteiger partial charge in [0.2, 0.25) is 5.91 Å². The number of amides is 2. The average molecular weight is 911 g/mol. The first-order valence-corrected chi connectivity index (χ1v) is 23.1. The van der Waals surface area contributed by atoms with Crippen LogP contribution in [0.4, 0.5) is 17.1 Å². The van der Waals surface area contributed by atoms with Gasteiger partial charge >= 0.3 is 0 Å². The van der Waals surface area contributed by atoms with E-state index in [1.165, 1.54) is 48.0 Å². The highest BCUT2D eigenvalue weighted by Crippen LogP contribution is 2.43. The lowest BCUT2D eigenvalue weighted by atomic mass is 9.72. The Balaban J connectivity index is 0.993. The molecule has 18 heteroatoms. The van der Waals surface area contributed by atoms with Crippen LogP contribution in [0.1, 0.15) is 56.0 Å². The summed E-state index contributed by atoms with van der Waals surface area (Å²) in [6.45, 7) is 11.2. The molecule has 4 heterocycles. The zero-order chi connectivity index (χ0) is 45.2. The Bertz CT molecular complexity index is 2720. The van der Waals surface area contributed by atoms with Crippen LogP contribution in [0, 0.1) is 15.5 Å². The maximum Gasteiger partial charge on any atom is 0.293 e. The van der Waals surface area contributed by atoms with Crippen molar-refractivity contribution in [3.8, 4) is 11.5 Å². The van der Waals surface area contributed by atoms with E-state index in [1.807, 2.05) is 18.2 Å². The number of aromatic nitrogens is 2. The molecule has 2 aromatic heterocycles. The lowest BCUT2D eigenvalue weighted by Gasteiger charge is -2.39. The average Bonchev–Trinajstić information content (AvgIpc) is 3.75. The number of carbonyl (C=O) groups is 2. The fourth-order valence-corrected chi connectivity index (χ4v) is 9.66. The van der Waals surface area contributed by atoms with Gasteiger partial charge in [0, 0.05) is 93.7 Å². The molecule has 3 N–H and O–H groups in total. The number of hydrogen-bond acceptors (Lipinski definition) is 12. The number of H-pyrrole nitrogens is 1. The zero-order valence-corrected chi connectivity index (χ0v) is 37.5. The maximum absolute atomic E-state index is 13.9. The zero-order valence-electron chi connectivity index (χ0n) is 35.9. The van der Waals surface area contributed by atoms with Crippen molar-refractivity contribution in [1.82, 2.24) is 24.5 Å². The number of pyridine rings is 1. The quantitative estimate of drug-likeness (QED) is 0.0781. The maximum atomic E-state index is 13.9. The molecule has 16 nitrogen and oxygen atoms in total. The number of nitro benzene ring substituents is 1. The Morgan fingerprint density at radius 2 is 1.81 bits per heavy atom. The SMILES string of the molecule is CC(=O)N1CCOC(CNc2ccc(S(=O)(=O)NC(=O)c3ccc(N4CCN(CC5=C(c6ccc(Cl)cc6)CC(C)(C)CC5)CC4)cc3Oc3cnc4[nH]ccc4c3)cc2[N+](=O)[O-])C1. The number of sulfonamides is 1. The number of piperazine rings is 1. The fourth-order valence-electron chi connectivity index (χ4n) is 8.55. The molecule has 3 aromatic carbocycles. The third-order valence-electron chi connectivity index (χ3n) is 12.2. The molecular formula is C46H51ClN8O8S. The highest BCUT2D eigenvalue weighted by atomic mass is 35.5. The summed E-state index contributed by atoms with van der Waals surface area (Å²) in [5, 5.41) is 16.6. The third-order valence-corrected chi connectivity index (χ3v) is 13.7. The summed E-state index contributed by atoms with van der Waals surface area (Å²) in [6.07, 6.45) is 5.99. The van der Waals surface area contributed by atoms with Crippen LogP contribution in [0.3, 0.4) is 0 Å². The van der Waals surface area contributed by atoms with Crippen LogP contribution in [0.5, 0.6) is 11.5 Å². The van der Waals surface area contributed by atoms with Gasteiger partial charge in [0.05, 0.1) is 34.3 Å². The molecule has 2 amide bonds. The molecule has 336 valence electrons. The Hall–Kier alpha value is -6.01. The molecule has 1 unspecified atom stereocenters. The number of anilines is 2. The van der Waals surface area contributed by atoms with Crippen molar-refractivity contribution >= 4 is 67.1 Å². The second-order valence-corrected chi connectivity index (χ2v) is 19.4. The van der Waals surface area contributed by atoms with Crippen molar-refractivity contribution in [2.75, 3.05) is 69.2 Å². The summed E-state index contributed by atoms with van der Waals surface area (Å²) in [5.74, 6) is -0.660. The molecule has 0 saturated carbocycles. The number of halogens is 1. The molecule has 2 fully saturated rings. The standard InChI is InChI=1S/C46H51ClN8O8S/c1-30(56)54-20-21-62-37(29-54)27-49-41-11-9-38(24-42(41)55(58)59)64(60,61)51-45(57)39-10-8-35(23-43(39)63-36-22-32-13-15-48-44(32)50-26-36)53-18-16-52(17-19-53)28-33-12-14-46(2,3)25-40(33)31-4-6-34(47)7-5-31/h4-11,13,15,22-24,26,37,49H,12,14,16-21,25,27-29H2,1-3H3,(H,48,50)(H,51,57). The number of carbonyl (C=O) groups excluding carboxylic acids is 2. The number of rotatable bonds is 13. The smallest absolute Gasteiger partial charge is 0.293 e. The summed E-state index contributed by atoms with van der Waals surface area (Å²) in [4.78, 5) is 50.5. The summed E-state index contributed by atoms with van der Waals surface area (Å²) >= 11 is 6.24. The molecule has 5 aromatic rings. The second-order valence-electron chi connectivity index (χ2n) is 17.3. The van der Waals surface area contributed by atoms with Gasteiger partial charge in [0.1, 0.15) is 22.8 Å². The van der Waals surface area contributed by atoms with Crippen molar-refractivity contribution < 1.29 is 32.4 Å². The molecule has 0 bridgehead atoms. The largest absolute Gasteiger partial charge is 0.455 e. The minimum absolute atomic E-state index is 0.0525. The molecule has 1 atom stereocenters. The van der Waals surface area contributed by atoms with E-state index < -0.39 is 37.5 Å². The van der Waals surface area contributed by atoms with Crippen LogP contribution < -0.4 is 19.7 Å². The van der Waals surface area contributed by atoms with Crippen LogP contribution >= 0.6 is 11.6 Å². The lowest BCUT2D eigenvalue weighted by molar-refractivity contribution is -0.384. The Morgan fingerprint density at radius 1 is 1.03 bits per heavy atom. The van der Waals surface area contributed by atoms with Gasteiger partial charge in [-0.05, 0) is 84.3 Å². The highest BCUT2D eigenvalue weighted by molar-refractivity contribution is 7.90. The third kappa shape index (κ3) is 10.3. The monoisotopic (exact) mass is 910 g/mol. The van der Waals surface area contributed by atoms with Gasteiger partial charge in [0.15, 0.2) is 0 Å². The lowest BCUT2D eigenvalue weighted by Crippen LogP contribution is -2.47. The van der Waals surface area contributed by atoms with Gasteiger partial charge in [0.25, 0.3) is 21.6 Å². The molecule has 2 aliphatic heterocycles. The first kappa shape index (κ1) is 44.6. The summed E-state index contributed by atoms with van der Waals surface area (Å²) < 4.78 is 41.5. The Kier molecular flexibility index (Phi) is 13.0. The van der Waals surface area contributed by atoms with Crippen molar-refractivity contribution in [3.05, 3.63) is 117 Å². The van der Waals surface area contributed by atoms with E-state index >= 15 is 0 Å². The van der Waals surface area contributed by atoms with Crippen LogP contribution in [-0.4, -0.2) is 110 Å². The number of benzene rings is 3. The first-order chi connectivity index (χ1) is 30.6. The van der Waals surface area contributed by atoms with E-state index in [2.05, 4.69) is 55.8 Å². The molecule has 0 radical (unpaired) electrons. The molecule has 0 spiro atoms. The predicted molar refractivity (Wildman–Crippen MR) is 245 cm³/mol. The molecule has 8 rings (SSSR count). The van der Waals surface area contributed by atoms with Crippen molar-refractivity contribution in [2.24, 2.45) is 5.41 Å². The van der Waals surface area contributed by atoms with E-state index in [4.69, 9.17) is 21.1 Å². The van der Waals surface area contributed by atoms with Crippen molar-refractivity contribution in [2.45, 2.75) is 51.0 Å². The molecule has 64 heavy (non-hydrogen) atoms. The van der Waals surface area contributed by atoms with Crippen molar-refractivity contribution in [3.63, 3.8) is 0 Å². The minimum atomic E-state index is -4.62. The molecule has 3 aliphatic rings. The Morgan fingerprint density at radius 3 is 2.56 bits per heavy atom. The van der Waals surface area contributed by atoms with Gasteiger partial charge < -0.3 is 29.6 Å². The van der Waals surface area contributed by atoms with Gasteiger partial charge in [-0.25, -0.2) is 18.1 Å². The summed E-state index contributed by atoms with van der Waals surface area (Å²) in [5.41, 5.74) is 5.20. The topological polar surface area (TPSA) is 192 Å². The normalized spacial score (nSPS) is 18.2. The van der Waals surface area contributed by atoms with E-state index in [-0.39, 0.29) is 34.9 Å². The van der Waals surface area contributed by atoms with E-state index in [0.717, 1.165) is 61.1 Å². The number of morpholine rings is 1. The van der Waals surface area contributed by atoms with Gasteiger partial charge in [-0.15, -0.1) is 0 Å². The number of fused-ring (bicyclic) bond motifs is 1. The van der Waals surface area contributed by atoms with Crippen molar-refractivity contribution in [1.29, 1.82) is 0 Å². The van der Waals surface area contributed by atoms with Gasteiger partial charge in [-0.1, -0.05) is 43.2 Å². The van der Waals surface area contributed by atoms with Crippen LogP contribution in [-0.2, 0) is 19.6 Å². The number of allylic oxidation sites excluding steroid dienone is 1.